The predicted molar refractivity (Wildman–Crippen MR) is 130 cm³/mol. The molecule has 0 unspecified atom stereocenters. The van der Waals surface area contributed by atoms with Crippen LogP contribution in [0, 0.1) is 19.7 Å². The Hall–Kier alpha value is -3.32. The van der Waals surface area contributed by atoms with Crippen molar-refractivity contribution in [3.05, 3.63) is 94.8 Å². The fourth-order valence-corrected chi connectivity index (χ4v) is 6.05. The zero-order chi connectivity index (χ0) is 23.2. The van der Waals surface area contributed by atoms with Gasteiger partial charge in [0.2, 0.25) is 0 Å². The van der Waals surface area contributed by atoms with E-state index in [-0.39, 0.29) is 24.3 Å². The monoisotopic (exact) mass is 461 g/mol. The Morgan fingerprint density at radius 3 is 2.64 bits per heavy atom. The maximum absolute atomic E-state index is 14.4. The van der Waals surface area contributed by atoms with Gasteiger partial charge in [-0.3, -0.25) is 9.69 Å². The van der Waals surface area contributed by atoms with Crippen LogP contribution in [-0.4, -0.2) is 29.1 Å². The Kier molecular flexibility index (Phi) is 5.37. The second-order valence-electron chi connectivity index (χ2n) is 8.45. The highest BCUT2D eigenvalue weighted by molar-refractivity contribution is 8.01. The summed E-state index contributed by atoms with van der Waals surface area (Å²) in [7, 11) is 0. The number of fused-ring (bicyclic) bond motifs is 2. The fourth-order valence-electron chi connectivity index (χ4n) is 4.60. The normalized spacial score (nSPS) is 19.3. The summed E-state index contributed by atoms with van der Waals surface area (Å²) < 4.78 is 14.4. The molecule has 1 fully saturated rings. The van der Waals surface area contributed by atoms with Gasteiger partial charge in [0.25, 0.3) is 5.91 Å². The van der Waals surface area contributed by atoms with E-state index in [2.05, 4.69) is 5.32 Å². The maximum Gasteiger partial charge on any atom is 0.323 e. The topological polar surface area (TPSA) is 52.7 Å². The van der Waals surface area contributed by atoms with Crippen molar-refractivity contribution in [2.24, 2.45) is 0 Å². The molecule has 0 aliphatic carbocycles. The van der Waals surface area contributed by atoms with E-state index < -0.39 is 4.87 Å². The van der Waals surface area contributed by atoms with Crippen LogP contribution >= 0.6 is 11.8 Å². The molecule has 7 heteroatoms. The fraction of sp³-hybridized carbons (Fsp3) is 0.231. The van der Waals surface area contributed by atoms with Gasteiger partial charge in [-0.2, -0.15) is 0 Å². The Labute approximate surface area is 196 Å². The van der Waals surface area contributed by atoms with Crippen molar-refractivity contribution in [3.8, 4) is 0 Å². The molecule has 5 rings (SSSR count). The van der Waals surface area contributed by atoms with Crippen molar-refractivity contribution in [2.45, 2.75) is 25.3 Å². The lowest BCUT2D eigenvalue weighted by Crippen LogP contribution is -2.51. The van der Waals surface area contributed by atoms with Crippen molar-refractivity contribution in [1.29, 1.82) is 0 Å². The number of thioether (sulfide) groups is 1. The SMILES string of the molecule is Cc1cccc(NC(=O)N2CCS[C@]23C(=O)N(Cc2ccccc2F)c2ccc(C)cc23)c1. The Bertz CT molecular complexity index is 1260. The van der Waals surface area contributed by atoms with Crippen molar-refractivity contribution < 1.29 is 14.0 Å². The average Bonchev–Trinajstić information content (AvgIpc) is 3.32. The summed E-state index contributed by atoms with van der Waals surface area (Å²) in [5, 5.41) is 2.96. The van der Waals surface area contributed by atoms with Gasteiger partial charge in [-0.05, 0) is 43.7 Å². The molecule has 0 aromatic heterocycles. The molecular formula is C26H24FN3O2S. The number of amides is 3. The molecule has 2 heterocycles. The molecule has 0 bridgehead atoms. The number of carbonyl (C=O) groups excluding carboxylic acids is 2. The second-order valence-corrected chi connectivity index (χ2v) is 9.73. The zero-order valence-corrected chi connectivity index (χ0v) is 19.3. The second kappa shape index (κ2) is 8.23. The first-order valence-electron chi connectivity index (χ1n) is 10.9. The summed E-state index contributed by atoms with van der Waals surface area (Å²) in [6.45, 7) is 4.48. The standard InChI is InChI=1S/C26H24FN3O2S/c1-17-6-5-8-20(14-17)28-25(32)30-12-13-33-26(30)21-15-18(2)10-11-23(21)29(24(26)31)16-19-7-3-4-9-22(19)27/h3-11,14-15H,12-13,16H2,1-2H3,(H,28,32)/t26-/m1/s1. The van der Waals surface area contributed by atoms with Gasteiger partial charge < -0.3 is 10.2 Å². The third kappa shape index (κ3) is 3.56. The van der Waals surface area contributed by atoms with E-state index in [0.717, 1.165) is 22.4 Å². The number of nitrogens with one attached hydrogen (secondary N) is 1. The third-order valence-electron chi connectivity index (χ3n) is 6.15. The average molecular weight is 462 g/mol. The molecule has 1 spiro atoms. The Balaban J connectivity index is 1.54. The van der Waals surface area contributed by atoms with Crippen LogP contribution in [0.3, 0.4) is 0 Å². The smallest absolute Gasteiger partial charge is 0.308 e. The highest BCUT2D eigenvalue weighted by Crippen LogP contribution is 2.54. The van der Waals surface area contributed by atoms with Gasteiger partial charge in [0.1, 0.15) is 5.82 Å². The van der Waals surface area contributed by atoms with E-state index in [4.69, 9.17) is 0 Å². The van der Waals surface area contributed by atoms with Crippen LogP contribution in [-0.2, 0) is 16.2 Å². The molecule has 1 atom stereocenters. The number of hydrogen-bond acceptors (Lipinski definition) is 3. The summed E-state index contributed by atoms with van der Waals surface area (Å²) in [6, 6.07) is 19.5. The van der Waals surface area contributed by atoms with Crippen molar-refractivity contribution in [3.63, 3.8) is 0 Å². The first-order valence-corrected chi connectivity index (χ1v) is 11.8. The van der Waals surface area contributed by atoms with E-state index >= 15 is 0 Å². The van der Waals surface area contributed by atoms with Crippen molar-refractivity contribution in [2.75, 3.05) is 22.5 Å². The molecule has 1 N–H and O–H groups in total. The van der Waals surface area contributed by atoms with Crippen LogP contribution in [0.15, 0.2) is 66.7 Å². The lowest BCUT2D eigenvalue weighted by atomic mass is 10.0. The minimum atomic E-state index is -1.17. The minimum absolute atomic E-state index is 0.108. The summed E-state index contributed by atoms with van der Waals surface area (Å²) in [4.78, 5) is 29.5. The molecule has 2 aliphatic heterocycles. The van der Waals surface area contributed by atoms with E-state index in [0.29, 0.717) is 23.5 Å². The van der Waals surface area contributed by atoms with Crippen LogP contribution in [0.5, 0.6) is 0 Å². The molecule has 33 heavy (non-hydrogen) atoms. The van der Waals surface area contributed by atoms with Gasteiger partial charge >= 0.3 is 6.03 Å². The van der Waals surface area contributed by atoms with E-state index in [1.807, 2.05) is 56.3 Å². The molecule has 5 nitrogen and oxygen atoms in total. The number of halogens is 1. The molecule has 3 aromatic carbocycles. The maximum atomic E-state index is 14.4. The van der Waals surface area contributed by atoms with Gasteiger partial charge in [-0.1, -0.05) is 48.0 Å². The number of hydrogen-bond donors (Lipinski definition) is 1. The molecule has 3 amide bonds. The first-order chi connectivity index (χ1) is 15.9. The lowest BCUT2D eigenvalue weighted by Gasteiger charge is -2.33. The zero-order valence-electron chi connectivity index (χ0n) is 18.5. The van der Waals surface area contributed by atoms with Gasteiger partial charge in [0.15, 0.2) is 4.87 Å². The molecule has 2 aliphatic rings. The first kappa shape index (κ1) is 21.5. The van der Waals surface area contributed by atoms with Crippen LogP contribution in [0.1, 0.15) is 22.3 Å². The van der Waals surface area contributed by atoms with Gasteiger partial charge in [0.05, 0.1) is 12.2 Å². The molecular weight excluding hydrogens is 437 g/mol. The quantitative estimate of drug-likeness (QED) is 0.566. The van der Waals surface area contributed by atoms with Crippen LogP contribution < -0.4 is 10.2 Å². The minimum Gasteiger partial charge on any atom is -0.308 e. The van der Waals surface area contributed by atoms with E-state index in [1.165, 1.54) is 17.8 Å². The molecule has 0 saturated carbocycles. The summed E-state index contributed by atoms with van der Waals surface area (Å²) in [5.74, 6) is 0.0646. The number of aryl methyl sites for hydroxylation is 2. The van der Waals surface area contributed by atoms with Crippen LogP contribution in [0.4, 0.5) is 20.6 Å². The summed E-state index contributed by atoms with van der Waals surface area (Å²) in [6.07, 6.45) is 0. The number of urea groups is 1. The largest absolute Gasteiger partial charge is 0.323 e. The molecule has 0 radical (unpaired) electrons. The van der Waals surface area contributed by atoms with Gasteiger partial charge in [0, 0.05) is 29.1 Å². The highest BCUT2D eigenvalue weighted by atomic mass is 32.2. The molecule has 1 saturated heterocycles. The van der Waals surface area contributed by atoms with Gasteiger partial charge in [-0.25, -0.2) is 9.18 Å². The van der Waals surface area contributed by atoms with Gasteiger partial charge in [-0.15, -0.1) is 11.8 Å². The van der Waals surface area contributed by atoms with E-state index in [9.17, 15) is 14.0 Å². The number of benzene rings is 3. The predicted octanol–water partition coefficient (Wildman–Crippen LogP) is 5.42. The Morgan fingerprint density at radius 2 is 1.85 bits per heavy atom. The van der Waals surface area contributed by atoms with Crippen LogP contribution in [0.25, 0.3) is 0 Å². The van der Waals surface area contributed by atoms with Crippen molar-refractivity contribution in [1.82, 2.24) is 4.90 Å². The third-order valence-corrected chi connectivity index (χ3v) is 7.57. The number of rotatable bonds is 3. The lowest BCUT2D eigenvalue weighted by molar-refractivity contribution is -0.123. The van der Waals surface area contributed by atoms with E-state index in [1.54, 1.807) is 28.0 Å². The summed E-state index contributed by atoms with van der Waals surface area (Å²) >= 11 is 1.46. The number of carbonyl (C=O) groups is 2. The molecule has 3 aromatic rings. The Morgan fingerprint density at radius 1 is 1.06 bits per heavy atom. The van der Waals surface area contributed by atoms with Crippen LogP contribution in [0.2, 0.25) is 0 Å². The number of anilines is 2. The van der Waals surface area contributed by atoms with Crippen molar-refractivity contribution >= 4 is 35.1 Å². The highest BCUT2D eigenvalue weighted by Gasteiger charge is 2.59. The molecule has 168 valence electrons. The number of nitrogens with zero attached hydrogens (tertiary/aromatic N) is 2. The summed E-state index contributed by atoms with van der Waals surface area (Å²) in [5.41, 5.74) is 4.66.